The number of amides is 1. The quantitative estimate of drug-likeness (QED) is 0.690. The van der Waals surface area contributed by atoms with Crippen molar-refractivity contribution in [2.75, 3.05) is 16.8 Å². The zero-order valence-electron chi connectivity index (χ0n) is 17.6. The van der Waals surface area contributed by atoms with E-state index in [0.29, 0.717) is 12.0 Å². The summed E-state index contributed by atoms with van der Waals surface area (Å²) in [5.74, 6) is 1.08. The maximum Gasteiger partial charge on any atom is 0.230 e. The van der Waals surface area contributed by atoms with Gasteiger partial charge in [-0.25, -0.2) is 9.97 Å². The summed E-state index contributed by atoms with van der Waals surface area (Å²) in [7, 11) is 0. The van der Waals surface area contributed by atoms with Crippen molar-refractivity contribution in [2.45, 2.75) is 46.1 Å². The molecule has 5 rings (SSSR count). The molecule has 0 saturated heterocycles. The molecule has 7 heteroatoms. The monoisotopic (exact) mass is 402 g/mol. The van der Waals surface area contributed by atoms with E-state index in [1.165, 1.54) is 5.56 Å². The molecule has 1 aliphatic carbocycles. The third kappa shape index (κ3) is 3.44. The fourth-order valence-electron chi connectivity index (χ4n) is 3.93. The normalized spacial score (nSPS) is 15.5. The van der Waals surface area contributed by atoms with E-state index < -0.39 is 0 Å². The molecule has 154 valence electrons. The van der Waals surface area contributed by atoms with Crippen molar-refractivity contribution in [3.8, 4) is 11.3 Å². The van der Waals surface area contributed by atoms with Crippen molar-refractivity contribution in [3.05, 3.63) is 47.9 Å². The van der Waals surface area contributed by atoms with Crippen LogP contribution in [0.2, 0.25) is 0 Å². The number of anilines is 3. The van der Waals surface area contributed by atoms with Crippen molar-refractivity contribution >= 4 is 23.2 Å². The molecule has 30 heavy (non-hydrogen) atoms. The Morgan fingerprint density at radius 2 is 2.07 bits per heavy atom. The summed E-state index contributed by atoms with van der Waals surface area (Å²) in [5.41, 5.74) is 6.04. The largest absolute Gasteiger partial charge is 0.324 e. The smallest absolute Gasteiger partial charge is 0.230 e. The van der Waals surface area contributed by atoms with Crippen LogP contribution in [0.15, 0.2) is 36.8 Å². The van der Waals surface area contributed by atoms with E-state index >= 15 is 0 Å². The molecule has 1 aliphatic heterocycles. The lowest BCUT2D eigenvalue weighted by Gasteiger charge is -2.17. The predicted molar refractivity (Wildman–Crippen MR) is 117 cm³/mol. The summed E-state index contributed by atoms with van der Waals surface area (Å²) >= 11 is 0. The molecule has 1 N–H and O–H groups in total. The molecule has 2 aliphatic rings. The zero-order valence-corrected chi connectivity index (χ0v) is 17.6. The maximum absolute atomic E-state index is 12.5. The van der Waals surface area contributed by atoms with Crippen LogP contribution < -0.4 is 10.2 Å². The van der Waals surface area contributed by atoms with Gasteiger partial charge in [-0.05, 0) is 69.4 Å². The highest BCUT2D eigenvalue weighted by Gasteiger charge is 2.36. The summed E-state index contributed by atoms with van der Waals surface area (Å²) in [5, 5.41) is 7.75. The number of aryl methyl sites for hydroxylation is 1. The molecule has 0 unspecified atom stereocenters. The van der Waals surface area contributed by atoms with Gasteiger partial charge in [-0.15, -0.1) is 0 Å². The standard InChI is InChI=1S/C23H26N6O/c1-14(2)29-13-18(12-25-29)21-15(3)11-24-23(27-21)26-19-6-7-20-17(10-19)8-9-28(20)22(30)16-4-5-16/h6-7,10-14,16H,4-5,8-9H2,1-3H3,(H,24,26,27). The molecule has 0 radical (unpaired) electrons. The highest BCUT2D eigenvalue weighted by molar-refractivity contribution is 5.98. The Kier molecular flexibility index (Phi) is 4.53. The third-order valence-corrected chi connectivity index (χ3v) is 5.80. The van der Waals surface area contributed by atoms with Crippen LogP contribution in [-0.2, 0) is 11.2 Å². The lowest BCUT2D eigenvalue weighted by molar-refractivity contribution is -0.119. The van der Waals surface area contributed by atoms with Gasteiger partial charge in [-0.2, -0.15) is 5.10 Å². The van der Waals surface area contributed by atoms with E-state index in [1.54, 1.807) is 0 Å². The Labute approximate surface area is 176 Å². The number of nitrogens with one attached hydrogen (secondary N) is 1. The minimum absolute atomic E-state index is 0.244. The molecule has 3 aromatic rings. The Morgan fingerprint density at radius 1 is 1.23 bits per heavy atom. The average molecular weight is 403 g/mol. The molecule has 2 aromatic heterocycles. The topological polar surface area (TPSA) is 75.9 Å². The molecule has 7 nitrogen and oxygen atoms in total. The SMILES string of the molecule is Cc1cnc(Nc2ccc3c(c2)CCN3C(=O)C2CC2)nc1-c1cnn(C(C)C)c1. The van der Waals surface area contributed by atoms with Crippen molar-refractivity contribution in [2.24, 2.45) is 5.92 Å². The first-order valence-corrected chi connectivity index (χ1v) is 10.6. The molecule has 3 heterocycles. The number of benzene rings is 1. The number of hydrogen-bond acceptors (Lipinski definition) is 5. The lowest BCUT2D eigenvalue weighted by atomic mass is 10.1. The van der Waals surface area contributed by atoms with Crippen LogP contribution in [0.5, 0.6) is 0 Å². The second-order valence-corrected chi connectivity index (χ2v) is 8.51. The van der Waals surface area contributed by atoms with Crippen molar-refractivity contribution in [3.63, 3.8) is 0 Å². The lowest BCUT2D eigenvalue weighted by Crippen LogP contribution is -2.30. The number of nitrogens with zero attached hydrogens (tertiary/aromatic N) is 5. The molecular weight excluding hydrogens is 376 g/mol. The number of aromatic nitrogens is 4. The number of carbonyl (C=O) groups is 1. The maximum atomic E-state index is 12.5. The van der Waals surface area contributed by atoms with E-state index in [4.69, 9.17) is 4.98 Å². The fraction of sp³-hybridized carbons (Fsp3) is 0.391. The Morgan fingerprint density at radius 3 is 2.80 bits per heavy atom. The second-order valence-electron chi connectivity index (χ2n) is 8.51. The van der Waals surface area contributed by atoms with Crippen molar-refractivity contribution in [1.29, 1.82) is 0 Å². The van der Waals surface area contributed by atoms with Gasteiger partial charge in [0.05, 0.1) is 11.9 Å². The highest BCUT2D eigenvalue weighted by atomic mass is 16.2. The Bertz CT molecular complexity index is 1110. The number of rotatable bonds is 5. The van der Waals surface area contributed by atoms with Gasteiger partial charge in [0.15, 0.2) is 0 Å². The fourth-order valence-corrected chi connectivity index (χ4v) is 3.93. The first-order valence-electron chi connectivity index (χ1n) is 10.6. The van der Waals surface area contributed by atoms with Gasteiger partial charge in [-0.1, -0.05) is 0 Å². The molecule has 1 aromatic carbocycles. The zero-order chi connectivity index (χ0) is 20.8. The van der Waals surface area contributed by atoms with Crippen molar-refractivity contribution in [1.82, 2.24) is 19.7 Å². The predicted octanol–water partition coefficient (Wildman–Crippen LogP) is 4.27. The van der Waals surface area contributed by atoms with E-state index in [9.17, 15) is 4.79 Å². The number of fused-ring (bicyclic) bond motifs is 1. The van der Waals surface area contributed by atoms with Gasteiger partial charge in [0.25, 0.3) is 0 Å². The van der Waals surface area contributed by atoms with Crippen LogP contribution in [0.3, 0.4) is 0 Å². The van der Waals surface area contributed by atoms with Gasteiger partial charge < -0.3 is 10.2 Å². The van der Waals surface area contributed by atoms with Crippen LogP contribution in [0.1, 0.15) is 43.9 Å². The van der Waals surface area contributed by atoms with Crippen molar-refractivity contribution < 1.29 is 4.79 Å². The van der Waals surface area contributed by atoms with Crippen LogP contribution in [0, 0.1) is 12.8 Å². The Balaban J connectivity index is 1.38. The minimum atomic E-state index is 0.244. The Hall–Kier alpha value is -3.22. The number of hydrogen-bond donors (Lipinski definition) is 1. The van der Waals surface area contributed by atoms with Crippen LogP contribution in [0.4, 0.5) is 17.3 Å². The minimum Gasteiger partial charge on any atom is -0.324 e. The van der Waals surface area contributed by atoms with E-state index in [-0.39, 0.29) is 11.8 Å². The van der Waals surface area contributed by atoms with Crippen LogP contribution in [0.25, 0.3) is 11.3 Å². The molecule has 0 bridgehead atoms. The van der Waals surface area contributed by atoms with Gasteiger partial charge >= 0.3 is 0 Å². The summed E-state index contributed by atoms with van der Waals surface area (Å²) < 4.78 is 1.93. The van der Waals surface area contributed by atoms with E-state index in [1.807, 2.05) is 47.2 Å². The van der Waals surface area contributed by atoms with Gasteiger partial charge in [0.2, 0.25) is 11.9 Å². The molecular formula is C23H26N6O. The second kappa shape index (κ2) is 7.23. The summed E-state index contributed by atoms with van der Waals surface area (Å²) in [6, 6.07) is 6.44. The van der Waals surface area contributed by atoms with Gasteiger partial charge in [0, 0.05) is 47.8 Å². The summed E-state index contributed by atoms with van der Waals surface area (Å²) in [4.78, 5) is 23.6. The first kappa shape index (κ1) is 18.8. The average Bonchev–Trinajstić information content (AvgIpc) is 3.31. The van der Waals surface area contributed by atoms with Crippen LogP contribution >= 0.6 is 0 Å². The highest BCUT2D eigenvalue weighted by Crippen LogP contribution is 2.37. The molecule has 0 atom stereocenters. The van der Waals surface area contributed by atoms with E-state index in [2.05, 4.69) is 35.3 Å². The number of carbonyl (C=O) groups excluding carboxylic acids is 1. The van der Waals surface area contributed by atoms with E-state index in [0.717, 1.165) is 54.0 Å². The third-order valence-electron chi connectivity index (χ3n) is 5.80. The summed E-state index contributed by atoms with van der Waals surface area (Å²) in [6.07, 6.45) is 8.66. The molecule has 1 saturated carbocycles. The first-order chi connectivity index (χ1) is 14.5. The molecule has 1 fully saturated rings. The van der Waals surface area contributed by atoms with Crippen LogP contribution in [-0.4, -0.2) is 32.2 Å². The molecule has 0 spiro atoms. The van der Waals surface area contributed by atoms with Gasteiger partial charge in [0.1, 0.15) is 0 Å². The van der Waals surface area contributed by atoms with Gasteiger partial charge in [-0.3, -0.25) is 9.48 Å². The molecule has 1 amide bonds. The summed E-state index contributed by atoms with van der Waals surface area (Å²) in [6.45, 7) is 6.99.